The fourth-order valence-corrected chi connectivity index (χ4v) is 1.36. The minimum atomic E-state index is 0.160. The maximum Gasteiger partial charge on any atom is 0.0475 e. The highest BCUT2D eigenvalue weighted by Gasteiger charge is 2.07. The predicted molar refractivity (Wildman–Crippen MR) is 54.3 cm³/mol. The molecule has 3 nitrogen and oxygen atoms in total. The minimum Gasteiger partial charge on any atom is -0.271 e. The number of halogens is 1. The van der Waals surface area contributed by atoms with Gasteiger partial charge in [-0.2, -0.15) is 0 Å². The highest BCUT2D eigenvalue weighted by atomic mass is 35.5. The van der Waals surface area contributed by atoms with Gasteiger partial charge in [0.15, 0.2) is 0 Å². The fourth-order valence-electron chi connectivity index (χ4n) is 1.21. The Balaban J connectivity index is 2.56. The van der Waals surface area contributed by atoms with Crippen LogP contribution >= 0.6 is 11.6 Å². The maximum atomic E-state index is 5.61. The van der Waals surface area contributed by atoms with Gasteiger partial charge in [-0.1, -0.05) is 6.07 Å². The van der Waals surface area contributed by atoms with E-state index < -0.39 is 0 Å². The third-order valence-corrected chi connectivity index (χ3v) is 2.18. The van der Waals surface area contributed by atoms with Gasteiger partial charge in [0.25, 0.3) is 0 Å². The van der Waals surface area contributed by atoms with Crippen molar-refractivity contribution in [3.05, 3.63) is 30.1 Å². The Hall–Kier alpha value is -0.640. The van der Waals surface area contributed by atoms with Crippen LogP contribution in [0.3, 0.4) is 0 Å². The second-order valence-electron chi connectivity index (χ2n) is 2.84. The minimum absolute atomic E-state index is 0.160. The number of nitrogens with two attached hydrogens (primary N) is 1. The second kappa shape index (κ2) is 5.91. The fraction of sp³-hybridized carbons (Fsp3) is 0.444. The zero-order valence-electron chi connectivity index (χ0n) is 7.41. The van der Waals surface area contributed by atoms with E-state index in [2.05, 4.69) is 10.4 Å². The van der Waals surface area contributed by atoms with Crippen molar-refractivity contribution >= 4 is 11.6 Å². The van der Waals surface area contributed by atoms with E-state index in [1.165, 1.54) is 0 Å². The largest absolute Gasteiger partial charge is 0.271 e. The van der Waals surface area contributed by atoms with E-state index in [1.807, 2.05) is 18.3 Å². The SMILES string of the molecule is NNC(CCCCl)c1cccnc1. The van der Waals surface area contributed by atoms with Crippen LogP contribution in [-0.2, 0) is 0 Å². The summed E-state index contributed by atoms with van der Waals surface area (Å²) in [6.07, 6.45) is 5.45. The molecular weight excluding hydrogens is 186 g/mol. The van der Waals surface area contributed by atoms with E-state index in [0.29, 0.717) is 5.88 Å². The topological polar surface area (TPSA) is 50.9 Å². The van der Waals surface area contributed by atoms with Crippen LogP contribution in [0.15, 0.2) is 24.5 Å². The molecule has 0 radical (unpaired) electrons. The normalized spacial score (nSPS) is 12.8. The average Bonchev–Trinajstić information content (AvgIpc) is 2.21. The first-order valence-corrected chi connectivity index (χ1v) is 4.84. The van der Waals surface area contributed by atoms with E-state index in [1.54, 1.807) is 6.20 Å². The first-order chi connectivity index (χ1) is 6.38. The van der Waals surface area contributed by atoms with Crippen LogP contribution < -0.4 is 11.3 Å². The lowest BCUT2D eigenvalue weighted by atomic mass is 10.1. The number of nitrogens with one attached hydrogen (secondary N) is 1. The molecule has 13 heavy (non-hydrogen) atoms. The van der Waals surface area contributed by atoms with Gasteiger partial charge in [-0.25, -0.2) is 0 Å². The molecule has 1 aromatic heterocycles. The van der Waals surface area contributed by atoms with Crippen LogP contribution in [0.25, 0.3) is 0 Å². The molecule has 1 atom stereocenters. The summed E-state index contributed by atoms with van der Waals surface area (Å²) >= 11 is 5.61. The number of rotatable bonds is 5. The molecular formula is C9H14ClN3. The maximum absolute atomic E-state index is 5.61. The van der Waals surface area contributed by atoms with Gasteiger partial charge in [0.1, 0.15) is 0 Å². The Kier molecular flexibility index (Phi) is 4.75. The standard InChI is InChI=1S/C9H14ClN3/c10-5-1-4-9(13-11)8-3-2-6-12-7-8/h2-3,6-7,9,13H,1,4-5,11H2. The molecule has 1 rings (SSSR count). The number of aromatic nitrogens is 1. The Labute approximate surface area is 83.3 Å². The van der Waals surface area contributed by atoms with Crippen molar-refractivity contribution in [2.45, 2.75) is 18.9 Å². The number of hydrazine groups is 1. The van der Waals surface area contributed by atoms with Gasteiger partial charge >= 0.3 is 0 Å². The van der Waals surface area contributed by atoms with Gasteiger partial charge in [-0.3, -0.25) is 16.3 Å². The molecule has 0 fully saturated rings. The molecule has 0 amide bonds. The second-order valence-corrected chi connectivity index (χ2v) is 3.21. The Bertz CT molecular complexity index is 228. The van der Waals surface area contributed by atoms with E-state index in [9.17, 15) is 0 Å². The van der Waals surface area contributed by atoms with Crippen molar-refractivity contribution in [2.24, 2.45) is 5.84 Å². The summed E-state index contributed by atoms with van der Waals surface area (Å²) < 4.78 is 0. The molecule has 4 heteroatoms. The van der Waals surface area contributed by atoms with Gasteiger partial charge in [0.05, 0.1) is 0 Å². The van der Waals surface area contributed by atoms with Crippen molar-refractivity contribution < 1.29 is 0 Å². The monoisotopic (exact) mass is 199 g/mol. The smallest absolute Gasteiger partial charge is 0.0475 e. The lowest BCUT2D eigenvalue weighted by Gasteiger charge is -2.14. The number of alkyl halides is 1. The van der Waals surface area contributed by atoms with E-state index in [0.717, 1.165) is 18.4 Å². The van der Waals surface area contributed by atoms with Crippen LogP contribution in [0.5, 0.6) is 0 Å². The van der Waals surface area contributed by atoms with Crippen molar-refractivity contribution in [2.75, 3.05) is 5.88 Å². The van der Waals surface area contributed by atoms with E-state index >= 15 is 0 Å². The van der Waals surface area contributed by atoms with Gasteiger partial charge in [-0.05, 0) is 24.5 Å². The van der Waals surface area contributed by atoms with Gasteiger partial charge < -0.3 is 0 Å². The third-order valence-electron chi connectivity index (χ3n) is 1.91. The molecule has 3 N–H and O–H groups in total. The predicted octanol–water partition coefficient (Wildman–Crippen LogP) is 1.60. The zero-order valence-corrected chi connectivity index (χ0v) is 8.17. The van der Waals surface area contributed by atoms with Crippen molar-refractivity contribution in [3.63, 3.8) is 0 Å². The summed E-state index contributed by atoms with van der Waals surface area (Å²) in [5, 5.41) is 0. The quantitative estimate of drug-likeness (QED) is 0.430. The van der Waals surface area contributed by atoms with E-state index in [4.69, 9.17) is 17.4 Å². The van der Waals surface area contributed by atoms with Crippen LogP contribution in [0.1, 0.15) is 24.4 Å². The summed E-state index contributed by atoms with van der Waals surface area (Å²) in [4.78, 5) is 4.03. The number of pyridine rings is 1. The van der Waals surface area contributed by atoms with Gasteiger partial charge in [0.2, 0.25) is 0 Å². The number of hydrogen-bond donors (Lipinski definition) is 2. The highest BCUT2D eigenvalue weighted by Crippen LogP contribution is 2.16. The molecule has 0 aromatic carbocycles. The lowest BCUT2D eigenvalue weighted by molar-refractivity contribution is 0.510. The third kappa shape index (κ3) is 3.30. The van der Waals surface area contributed by atoms with E-state index in [-0.39, 0.29) is 6.04 Å². The van der Waals surface area contributed by atoms with Crippen LogP contribution in [0.4, 0.5) is 0 Å². The molecule has 0 aliphatic heterocycles. The number of nitrogens with zero attached hydrogens (tertiary/aromatic N) is 1. The summed E-state index contributed by atoms with van der Waals surface area (Å²) in [6, 6.07) is 4.07. The first-order valence-electron chi connectivity index (χ1n) is 4.30. The number of hydrogen-bond acceptors (Lipinski definition) is 3. The summed E-state index contributed by atoms with van der Waals surface area (Å²) in [7, 11) is 0. The Morgan fingerprint density at radius 3 is 3.00 bits per heavy atom. The molecule has 0 saturated carbocycles. The van der Waals surface area contributed by atoms with Gasteiger partial charge in [0, 0.05) is 24.3 Å². The molecule has 0 spiro atoms. The molecule has 1 unspecified atom stereocenters. The highest BCUT2D eigenvalue weighted by molar-refractivity contribution is 6.17. The van der Waals surface area contributed by atoms with Gasteiger partial charge in [-0.15, -0.1) is 11.6 Å². The van der Waals surface area contributed by atoms with Crippen LogP contribution in [-0.4, -0.2) is 10.9 Å². The van der Waals surface area contributed by atoms with Crippen molar-refractivity contribution in [3.8, 4) is 0 Å². The van der Waals surface area contributed by atoms with Crippen LogP contribution in [0.2, 0.25) is 0 Å². The molecule has 1 heterocycles. The molecule has 72 valence electrons. The molecule has 0 aliphatic rings. The molecule has 1 aromatic rings. The van der Waals surface area contributed by atoms with Crippen molar-refractivity contribution in [1.29, 1.82) is 0 Å². The average molecular weight is 200 g/mol. The molecule has 0 saturated heterocycles. The summed E-state index contributed by atoms with van der Waals surface area (Å²) in [5.74, 6) is 6.09. The summed E-state index contributed by atoms with van der Waals surface area (Å²) in [6.45, 7) is 0. The van der Waals surface area contributed by atoms with Crippen LogP contribution in [0, 0.1) is 0 Å². The first kappa shape index (κ1) is 10.4. The van der Waals surface area contributed by atoms with Crippen molar-refractivity contribution in [1.82, 2.24) is 10.4 Å². The zero-order chi connectivity index (χ0) is 9.52. The molecule has 0 aliphatic carbocycles. The lowest BCUT2D eigenvalue weighted by Crippen LogP contribution is -2.28. The Morgan fingerprint density at radius 2 is 2.46 bits per heavy atom. The molecule has 0 bridgehead atoms. The Morgan fingerprint density at radius 1 is 1.62 bits per heavy atom. The summed E-state index contributed by atoms with van der Waals surface area (Å²) in [5.41, 5.74) is 3.86.